The molecule has 0 saturated heterocycles. The molecule has 0 spiro atoms. The van der Waals surface area contributed by atoms with Crippen LogP contribution in [-0.4, -0.2) is 23.2 Å². The van der Waals surface area contributed by atoms with Crippen molar-refractivity contribution >= 4 is 11.7 Å². The standard InChI is InChI=1S/C20H29NO3/c22-20(23)16-9-11-17(12-10-16)21-18-6-4-5-15(13-18)14-24-19-7-2-1-3-8-19/h4-6,13,16-17,19,21H,1-3,7-12,14H2,(H,22,23). The Kier molecular flexibility index (Phi) is 6.13. The fraction of sp³-hybridized carbons (Fsp3) is 0.650. The summed E-state index contributed by atoms with van der Waals surface area (Å²) in [5.41, 5.74) is 2.34. The Morgan fingerprint density at radius 2 is 1.83 bits per heavy atom. The highest BCUT2D eigenvalue weighted by Gasteiger charge is 2.25. The Morgan fingerprint density at radius 1 is 1.08 bits per heavy atom. The molecule has 4 nitrogen and oxygen atoms in total. The lowest BCUT2D eigenvalue weighted by molar-refractivity contribution is -0.142. The summed E-state index contributed by atoms with van der Waals surface area (Å²) >= 11 is 0. The molecule has 2 aliphatic carbocycles. The monoisotopic (exact) mass is 331 g/mol. The Bertz CT molecular complexity index is 531. The molecule has 2 N–H and O–H groups in total. The smallest absolute Gasteiger partial charge is 0.306 e. The number of carbonyl (C=O) groups is 1. The summed E-state index contributed by atoms with van der Waals surface area (Å²) in [7, 11) is 0. The second kappa shape index (κ2) is 8.52. The maximum absolute atomic E-state index is 11.0. The number of hydrogen-bond acceptors (Lipinski definition) is 3. The van der Waals surface area contributed by atoms with Gasteiger partial charge >= 0.3 is 5.97 Å². The number of anilines is 1. The lowest BCUT2D eigenvalue weighted by atomic mass is 9.86. The minimum atomic E-state index is -0.643. The number of hydrogen-bond donors (Lipinski definition) is 2. The zero-order valence-corrected chi connectivity index (χ0v) is 14.4. The van der Waals surface area contributed by atoms with E-state index in [0.29, 0.717) is 18.8 Å². The van der Waals surface area contributed by atoms with Gasteiger partial charge in [-0.1, -0.05) is 31.4 Å². The third kappa shape index (κ3) is 4.97. The minimum absolute atomic E-state index is 0.154. The van der Waals surface area contributed by atoms with Gasteiger partial charge in [0.1, 0.15) is 0 Å². The summed E-state index contributed by atoms with van der Waals surface area (Å²) in [6.07, 6.45) is 10.2. The molecule has 1 aromatic carbocycles. The van der Waals surface area contributed by atoms with Crippen molar-refractivity contribution in [3.8, 4) is 0 Å². The van der Waals surface area contributed by atoms with E-state index in [0.717, 1.165) is 31.4 Å². The molecule has 0 radical (unpaired) electrons. The van der Waals surface area contributed by atoms with Gasteiger partial charge in [0, 0.05) is 11.7 Å². The first-order chi connectivity index (χ1) is 11.7. The van der Waals surface area contributed by atoms with Crippen LogP contribution in [0.25, 0.3) is 0 Å². The molecule has 2 fully saturated rings. The SMILES string of the molecule is O=C(O)C1CCC(Nc2cccc(COC3CCCCC3)c2)CC1. The van der Waals surface area contributed by atoms with Gasteiger partial charge in [0.05, 0.1) is 18.6 Å². The molecule has 3 rings (SSSR count). The predicted octanol–water partition coefficient (Wildman–Crippen LogP) is 4.59. The van der Waals surface area contributed by atoms with Crippen LogP contribution in [0.4, 0.5) is 5.69 Å². The third-order valence-electron chi connectivity index (χ3n) is 5.41. The van der Waals surface area contributed by atoms with Crippen LogP contribution in [0.15, 0.2) is 24.3 Å². The van der Waals surface area contributed by atoms with Gasteiger partial charge in [-0.15, -0.1) is 0 Å². The Hall–Kier alpha value is -1.55. The van der Waals surface area contributed by atoms with Gasteiger partial charge in [-0.3, -0.25) is 4.79 Å². The maximum Gasteiger partial charge on any atom is 0.306 e. The van der Waals surface area contributed by atoms with E-state index in [1.807, 2.05) is 0 Å². The molecule has 132 valence electrons. The molecule has 4 heteroatoms. The number of benzene rings is 1. The maximum atomic E-state index is 11.0. The van der Waals surface area contributed by atoms with Gasteiger partial charge in [-0.05, 0) is 56.2 Å². The van der Waals surface area contributed by atoms with Crippen molar-refractivity contribution in [3.05, 3.63) is 29.8 Å². The summed E-state index contributed by atoms with van der Waals surface area (Å²) in [6, 6.07) is 8.84. The molecule has 0 bridgehead atoms. The van der Waals surface area contributed by atoms with E-state index in [9.17, 15) is 4.79 Å². The number of carboxylic acids is 1. The van der Waals surface area contributed by atoms with Crippen molar-refractivity contribution in [1.29, 1.82) is 0 Å². The van der Waals surface area contributed by atoms with Gasteiger partial charge in [-0.25, -0.2) is 0 Å². The lowest BCUT2D eigenvalue weighted by Gasteiger charge is -2.28. The van der Waals surface area contributed by atoms with Gasteiger partial charge in [0.15, 0.2) is 0 Å². The van der Waals surface area contributed by atoms with E-state index in [2.05, 4.69) is 29.6 Å². The largest absolute Gasteiger partial charge is 0.481 e. The van der Waals surface area contributed by atoms with E-state index >= 15 is 0 Å². The molecule has 0 aromatic heterocycles. The van der Waals surface area contributed by atoms with Crippen molar-refractivity contribution in [2.75, 3.05) is 5.32 Å². The van der Waals surface area contributed by atoms with Crippen molar-refractivity contribution in [2.24, 2.45) is 5.92 Å². The predicted molar refractivity (Wildman–Crippen MR) is 95.1 cm³/mol. The van der Waals surface area contributed by atoms with E-state index in [1.54, 1.807) is 0 Å². The molecule has 0 aliphatic heterocycles. The molecule has 1 aromatic rings. The van der Waals surface area contributed by atoms with Crippen molar-refractivity contribution < 1.29 is 14.6 Å². The zero-order valence-electron chi connectivity index (χ0n) is 14.4. The quantitative estimate of drug-likeness (QED) is 0.800. The van der Waals surface area contributed by atoms with Crippen molar-refractivity contribution in [1.82, 2.24) is 0 Å². The highest BCUT2D eigenvalue weighted by atomic mass is 16.5. The molecule has 0 heterocycles. The molecular weight excluding hydrogens is 302 g/mol. The fourth-order valence-corrected chi connectivity index (χ4v) is 3.92. The number of carboxylic acid groups (broad SMARTS) is 1. The second-order valence-corrected chi connectivity index (χ2v) is 7.30. The fourth-order valence-electron chi connectivity index (χ4n) is 3.92. The summed E-state index contributed by atoms with van der Waals surface area (Å²) in [5.74, 6) is -0.798. The van der Waals surface area contributed by atoms with E-state index in [4.69, 9.17) is 9.84 Å². The first-order valence-corrected chi connectivity index (χ1v) is 9.40. The summed E-state index contributed by atoms with van der Waals surface area (Å²) in [5, 5.41) is 12.7. The summed E-state index contributed by atoms with van der Waals surface area (Å²) in [4.78, 5) is 11.0. The molecule has 0 unspecified atom stereocenters. The number of rotatable bonds is 6. The second-order valence-electron chi connectivity index (χ2n) is 7.30. The summed E-state index contributed by atoms with van der Waals surface area (Å²) in [6.45, 7) is 0.686. The van der Waals surface area contributed by atoms with Crippen molar-refractivity contribution in [3.63, 3.8) is 0 Å². The highest BCUT2D eigenvalue weighted by molar-refractivity contribution is 5.70. The van der Waals surface area contributed by atoms with Crippen LogP contribution in [0.2, 0.25) is 0 Å². The van der Waals surface area contributed by atoms with Crippen LogP contribution < -0.4 is 5.32 Å². The van der Waals surface area contributed by atoms with Crippen LogP contribution in [0, 0.1) is 5.92 Å². The first-order valence-electron chi connectivity index (χ1n) is 9.40. The van der Waals surface area contributed by atoms with E-state index in [1.165, 1.54) is 37.7 Å². The third-order valence-corrected chi connectivity index (χ3v) is 5.41. The molecule has 2 saturated carbocycles. The van der Waals surface area contributed by atoms with E-state index in [-0.39, 0.29) is 5.92 Å². The minimum Gasteiger partial charge on any atom is -0.481 e. The van der Waals surface area contributed by atoms with Gasteiger partial charge in [0.2, 0.25) is 0 Å². The van der Waals surface area contributed by atoms with Crippen LogP contribution in [0.3, 0.4) is 0 Å². The topological polar surface area (TPSA) is 58.6 Å². The van der Waals surface area contributed by atoms with Gasteiger partial charge in [-0.2, -0.15) is 0 Å². The van der Waals surface area contributed by atoms with Crippen LogP contribution >= 0.6 is 0 Å². The number of aliphatic carboxylic acids is 1. The molecule has 0 atom stereocenters. The highest BCUT2D eigenvalue weighted by Crippen LogP contribution is 2.27. The Labute approximate surface area is 144 Å². The Balaban J connectivity index is 1.47. The van der Waals surface area contributed by atoms with Crippen LogP contribution in [-0.2, 0) is 16.1 Å². The number of nitrogens with one attached hydrogen (secondary N) is 1. The first kappa shape index (κ1) is 17.3. The molecular formula is C20H29NO3. The summed E-state index contributed by atoms with van der Waals surface area (Å²) < 4.78 is 6.06. The van der Waals surface area contributed by atoms with Crippen LogP contribution in [0.5, 0.6) is 0 Å². The van der Waals surface area contributed by atoms with Crippen molar-refractivity contribution in [2.45, 2.75) is 76.5 Å². The zero-order chi connectivity index (χ0) is 16.8. The lowest BCUT2D eigenvalue weighted by Crippen LogP contribution is -2.29. The van der Waals surface area contributed by atoms with Crippen LogP contribution in [0.1, 0.15) is 63.4 Å². The van der Waals surface area contributed by atoms with Gasteiger partial charge < -0.3 is 15.2 Å². The van der Waals surface area contributed by atoms with E-state index < -0.39 is 5.97 Å². The normalized spacial score (nSPS) is 25.3. The molecule has 0 amide bonds. The molecule has 24 heavy (non-hydrogen) atoms. The average Bonchev–Trinajstić information content (AvgIpc) is 2.62. The van der Waals surface area contributed by atoms with Gasteiger partial charge in [0.25, 0.3) is 0 Å². The average molecular weight is 331 g/mol. The Morgan fingerprint density at radius 3 is 2.54 bits per heavy atom. The number of ether oxygens (including phenoxy) is 1. The molecule has 2 aliphatic rings.